The molecule has 0 aliphatic carbocycles. The number of ketones is 1. The Kier molecular flexibility index (Phi) is 6.35. The number of benzene rings is 2. The molecule has 0 spiro atoms. The molecule has 4 nitrogen and oxygen atoms in total. The van der Waals surface area contributed by atoms with Crippen LogP contribution in [0.25, 0.3) is 0 Å². The molecule has 1 N–H and O–H groups in total. The van der Waals surface area contributed by atoms with Gasteiger partial charge in [-0.3, -0.25) is 14.5 Å². The summed E-state index contributed by atoms with van der Waals surface area (Å²) in [6.07, 6.45) is 1.63. The fraction of sp³-hybridized carbons (Fsp3) is 0.333. The van der Waals surface area contributed by atoms with E-state index in [-0.39, 0.29) is 11.7 Å². The van der Waals surface area contributed by atoms with Gasteiger partial charge in [0.05, 0.1) is 21.3 Å². The van der Waals surface area contributed by atoms with Gasteiger partial charge in [-0.15, -0.1) is 0 Å². The molecular formula is C21H21Cl3N2O2. The van der Waals surface area contributed by atoms with Crippen LogP contribution >= 0.6 is 34.8 Å². The van der Waals surface area contributed by atoms with Crippen molar-refractivity contribution in [1.29, 1.82) is 0 Å². The summed E-state index contributed by atoms with van der Waals surface area (Å²) < 4.78 is 0. The van der Waals surface area contributed by atoms with Crippen LogP contribution in [0.4, 0.5) is 5.69 Å². The molecule has 7 heteroatoms. The minimum Gasteiger partial charge on any atom is -0.324 e. The van der Waals surface area contributed by atoms with Crippen molar-refractivity contribution in [1.82, 2.24) is 4.90 Å². The van der Waals surface area contributed by atoms with E-state index in [1.807, 2.05) is 19.1 Å². The van der Waals surface area contributed by atoms with Gasteiger partial charge in [-0.2, -0.15) is 0 Å². The van der Waals surface area contributed by atoms with Crippen molar-refractivity contribution >= 4 is 52.2 Å². The number of likely N-dealkylation sites (tertiary alicyclic amines) is 1. The number of hydrogen-bond donors (Lipinski definition) is 1. The molecule has 1 fully saturated rings. The highest BCUT2D eigenvalue weighted by Gasteiger charge is 2.43. The molecule has 2 aromatic rings. The second kappa shape index (κ2) is 8.42. The molecule has 1 aliphatic heterocycles. The number of hydrogen-bond acceptors (Lipinski definition) is 3. The Bertz CT molecular complexity index is 932. The lowest BCUT2D eigenvalue weighted by molar-refractivity contribution is -0.125. The van der Waals surface area contributed by atoms with Gasteiger partial charge < -0.3 is 5.32 Å². The summed E-state index contributed by atoms with van der Waals surface area (Å²) in [4.78, 5) is 27.2. The quantitative estimate of drug-likeness (QED) is 0.595. The number of carbonyl (C=O) groups is 2. The molecule has 0 radical (unpaired) electrons. The topological polar surface area (TPSA) is 49.4 Å². The highest BCUT2D eigenvalue weighted by molar-refractivity contribution is 6.42. The zero-order valence-corrected chi connectivity index (χ0v) is 18.0. The molecule has 0 aromatic heterocycles. The van der Waals surface area contributed by atoms with Crippen LogP contribution in [0.2, 0.25) is 15.1 Å². The predicted octanol–water partition coefficient (Wildman–Crippen LogP) is 5.84. The van der Waals surface area contributed by atoms with E-state index in [4.69, 9.17) is 34.8 Å². The maximum Gasteiger partial charge on any atom is 0.244 e. The Hall–Kier alpha value is -1.59. The largest absolute Gasteiger partial charge is 0.324 e. The Labute approximate surface area is 179 Å². The molecule has 1 amide bonds. The summed E-state index contributed by atoms with van der Waals surface area (Å²) in [5, 5.41) is 4.39. The Balaban J connectivity index is 1.81. The fourth-order valence-corrected chi connectivity index (χ4v) is 4.05. The van der Waals surface area contributed by atoms with E-state index in [9.17, 15) is 9.59 Å². The van der Waals surface area contributed by atoms with E-state index < -0.39 is 5.54 Å². The van der Waals surface area contributed by atoms with Gasteiger partial charge in [0.15, 0.2) is 5.78 Å². The first kappa shape index (κ1) is 21.1. The van der Waals surface area contributed by atoms with Crippen LogP contribution in [-0.2, 0) is 11.3 Å². The Morgan fingerprint density at radius 2 is 1.86 bits per heavy atom. The lowest BCUT2D eigenvalue weighted by Gasteiger charge is -2.34. The van der Waals surface area contributed by atoms with Crippen LogP contribution in [0.1, 0.15) is 42.6 Å². The standard InChI is InChI=1S/C21H21Cl3N2O2/c1-13(27)16-11-15(22)5-7-19(16)25-20(28)21(2)8-3-9-26(21)12-14-4-6-17(23)18(24)10-14/h4-7,10-11H,3,8-9,12H2,1-2H3,(H,25,28)/t21-/m1/s1. The van der Waals surface area contributed by atoms with Gasteiger partial charge in [0.25, 0.3) is 0 Å². The van der Waals surface area contributed by atoms with Crippen LogP contribution in [-0.4, -0.2) is 28.7 Å². The molecule has 0 bridgehead atoms. The highest BCUT2D eigenvalue weighted by atomic mass is 35.5. The molecule has 28 heavy (non-hydrogen) atoms. The van der Waals surface area contributed by atoms with Crippen molar-refractivity contribution in [3.8, 4) is 0 Å². The van der Waals surface area contributed by atoms with E-state index in [2.05, 4.69) is 10.2 Å². The summed E-state index contributed by atoms with van der Waals surface area (Å²) in [5.74, 6) is -0.295. The maximum absolute atomic E-state index is 13.2. The summed E-state index contributed by atoms with van der Waals surface area (Å²) >= 11 is 18.1. The van der Waals surface area contributed by atoms with E-state index >= 15 is 0 Å². The molecule has 1 heterocycles. The molecule has 3 rings (SSSR count). The number of halogens is 3. The lowest BCUT2D eigenvalue weighted by Crippen LogP contribution is -2.50. The average Bonchev–Trinajstić information content (AvgIpc) is 3.01. The van der Waals surface area contributed by atoms with Crippen molar-refractivity contribution < 1.29 is 9.59 Å². The Morgan fingerprint density at radius 3 is 2.54 bits per heavy atom. The highest BCUT2D eigenvalue weighted by Crippen LogP contribution is 2.33. The van der Waals surface area contributed by atoms with Gasteiger partial charge in [0.2, 0.25) is 5.91 Å². The average molecular weight is 440 g/mol. The summed E-state index contributed by atoms with van der Waals surface area (Å²) in [6.45, 7) is 4.76. The van der Waals surface area contributed by atoms with Crippen LogP contribution in [0.15, 0.2) is 36.4 Å². The number of amides is 1. The molecule has 148 valence electrons. The number of carbonyl (C=O) groups excluding carboxylic acids is 2. The van der Waals surface area contributed by atoms with Crippen LogP contribution in [0.5, 0.6) is 0 Å². The van der Waals surface area contributed by atoms with Crippen molar-refractivity contribution in [3.05, 3.63) is 62.6 Å². The number of Topliss-reactive ketones (excluding diaryl/α,β-unsaturated/α-hetero) is 1. The third-order valence-electron chi connectivity index (χ3n) is 5.25. The summed E-state index contributed by atoms with van der Waals surface area (Å²) in [5.41, 5.74) is 1.18. The minimum absolute atomic E-state index is 0.144. The van der Waals surface area contributed by atoms with E-state index in [1.165, 1.54) is 6.92 Å². The monoisotopic (exact) mass is 438 g/mol. The van der Waals surface area contributed by atoms with Crippen molar-refractivity contribution in [2.24, 2.45) is 0 Å². The van der Waals surface area contributed by atoms with Gasteiger partial charge in [0, 0.05) is 17.1 Å². The molecule has 2 aromatic carbocycles. The SMILES string of the molecule is CC(=O)c1cc(Cl)ccc1NC(=O)[C@@]1(C)CCCN1Cc1ccc(Cl)c(Cl)c1. The molecule has 0 saturated carbocycles. The second-order valence-corrected chi connectivity index (χ2v) is 8.50. The minimum atomic E-state index is -0.695. The first-order valence-electron chi connectivity index (χ1n) is 9.01. The molecule has 1 saturated heterocycles. The first-order chi connectivity index (χ1) is 13.2. The van der Waals surface area contributed by atoms with Gasteiger partial charge in [-0.05, 0) is 69.1 Å². The predicted molar refractivity (Wildman–Crippen MR) is 115 cm³/mol. The van der Waals surface area contributed by atoms with Crippen LogP contribution in [0.3, 0.4) is 0 Å². The van der Waals surface area contributed by atoms with Gasteiger partial charge in [0.1, 0.15) is 0 Å². The molecule has 1 atom stereocenters. The summed E-state index contributed by atoms with van der Waals surface area (Å²) in [7, 11) is 0. The zero-order chi connectivity index (χ0) is 20.5. The summed E-state index contributed by atoms with van der Waals surface area (Å²) in [6, 6.07) is 10.4. The van der Waals surface area contributed by atoms with Gasteiger partial charge >= 0.3 is 0 Å². The third kappa shape index (κ3) is 4.36. The van der Waals surface area contributed by atoms with Gasteiger partial charge in [-0.1, -0.05) is 40.9 Å². The zero-order valence-electron chi connectivity index (χ0n) is 15.7. The molecular weight excluding hydrogens is 419 g/mol. The van der Waals surface area contributed by atoms with Gasteiger partial charge in [-0.25, -0.2) is 0 Å². The molecule has 0 unspecified atom stereocenters. The van der Waals surface area contributed by atoms with E-state index in [0.29, 0.717) is 32.9 Å². The van der Waals surface area contributed by atoms with E-state index in [1.54, 1.807) is 24.3 Å². The third-order valence-corrected chi connectivity index (χ3v) is 6.22. The van der Waals surface area contributed by atoms with Crippen molar-refractivity contribution in [2.45, 2.75) is 38.8 Å². The second-order valence-electron chi connectivity index (χ2n) is 7.25. The smallest absolute Gasteiger partial charge is 0.244 e. The molecule has 1 aliphatic rings. The normalized spacial score (nSPS) is 19.6. The van der Waals surface area contributed by atoms with Crippen molar-refractivity contribution in [2.75, 3.05) is 11.9 Å². The fourth-order valence-electron chi connectivity index (χ4n) is 3.56. The number of nitrogens with zero attached hydrogens (tertiary/aromatic N) is 1. The Morgan fingerprint density at radius 1 is 1.11 bits per heavy atom. The van der Waals surface area contributed by atoms with E-state index in [0.717, 1.165) is 24.9 Å². The number of anilines is 1. The van der Waals surface area contributed by atoms with Crippen molar-refractivity contribution in [3.63, 3.8) is 0 Å². The first-order valence-corrected chi connectivity index (χ1v) is 10.1. The maximum atomic E-state index is 13.2. The van der Waals surface area contributed by atoms with Crippen LogP contribution in [0, 0.1) is 0 Å². The number of rotatable bonds is 5. The van der Waals surface area contributed by atoms with Crippen LogP contribution < -0.4 is 5.32 Å². The lowest BCUT2D eigenvalue weighted by atomic mass is 9.96. The number of nitrogens with one attached hydrogen (secondary N) is 1.